The van der Waals surface area contributed by atoms with Crippen molar-refractivity contribution in [3.05, 3.63) is 59.7 Å². The van der Waals surface area contributed by atoms with Crippen LogP contribution in [0.25, 0.3) is 11.0 Å². The van der Waals surface area contributed by atoms with Crippen molar-refractivity contribution in [2.24, 2.45) is 0 Å². The molecule has 0 spiro atoms. The summed E-state index contributed by atoms with van der Waals surface area (Å²) in [5.74, 6) is 0.822. The van der Waals surface area contributed by atoms with Gasteiger partial charge in [-0.05, 0) is 24.6 Å². The van der Waals surface area contributed by atoms with Crippen molar-refractivity contribution in [3.63, 3.8) is 0 Å². The van der Waals surface area contributed by atoms with E-state index in [9.17, 15) is 4.79 Å². The Kier molecular flexibility index (Phi) is 5.86. The SMILES string of the molecule is Cc1ccc(CNC(=O)COc2nc3ccccc3nc2N2CCOCC2)cc1. The Balaban J connectivity index is 1.45. The number of para-hydroxylation sites is 2. The Morgan fingerprint density at radius 2 is 1.76 bits per heavy atom. The van der Waals surface area contributed by atoms with E-state index < -0.39 is 0 Å². The van der Waals surface area contributed by atoms with Gasteiger partial charge in [-0.1, -0.05) is 42.0 Å². The number of nitrogens with one attached hydrogen (secondary N) is 1. The Morgan fingerprint density at radius 1 is 1.07 bits per heavy atom. The van der Waals surface area contributed by atoms with Crippen LogP contribution in [0.4, 0.5) is 5.82 Å². The van der Waals surface area contributed by atoms with Crippen molar-refractivity contribution in [2.75, 3.05) is 37.8 Å². The number of fused-ring (bicyclic) bond motifs is 1. The van der Waals surface area contributed by atoms with Crippen LogP contribution < -0.4 is 15.0 Å². The van der Waals surface area contributed by atoms with Gasteiger partial charge in [-0.3, -0.25) is 4.79 Å². The van der Waals surface area contributed by atoms with Crippen LogP contribution >= 0.6 is 0 Å². The molecule has 4 rings (SSSR count). The number of aryl methyl sites for hydroxylation is 1. The van der Waals surface area contributed by atoms with Gasteiger partial charge in [-0.2, -0.15) is 0 Å². The Labute approximate surface area is 169 Å². The predicted octanol–water partition coefficient (Wildman–Crippen LogP) is 2.47. The average Bonchev–Trinajstić information content (AvgIpc) is 2.77. The van der Waals surface area contributed by atoms with Gasteiger partial charge in [0.1, 0.15) is 0 Å². The molecule has 0 radical (unpaired) electrons. The highest BCUT2D eigenvalue weighted by Gasteiger charge is 2.20. The number of benzene rings is 2. The first kappa shape index (κ1) is 19.1. The minimum absolute atomic E-state index is 0.115. The van der Waals surface area contributed by atoms with E-state index in [1.165, 1.54) is 5.56 Å². The number of ether oxygens (including phenoxy) is 2. The summed E-state index contributed by atoms with van der Waals surface area (Å²) in [6, 6.07) is 15.7. The number of aromatic nitrogens is 2. The Bertz CT molecular complexity index is 985. The largest absolute Gasteiger partial charge is 0.465 e. The number of hydrogen-bond acceptors (Lipinski definition) is 6. The summed E-state index contributed by atoms with van der Waals surface area (Å²) in [6.07, 6.45) is 0. The molecule has 1 aromatic heterocycles. The minimum atomic E-state index is -0.200. The van der Waals surface area contributed by atoms with Gasteiger partial charge in [-0.15, -0.1) is 0 Å². The third kappa shape index (κ3) is 4.81. The zero-order valence-corrected chi connectivity index (χ0v) is 16.4. The van der Waals surface area contributed by atoms with Crippen molar-refractivity contribution >= 4 is 22.8 Å². The highest BCUT2D eigenvalue weighted by atomic mass is 16.5. The molecule has 7 nitrogen and oxygen atoms in total. The number of carbonyl (C=O) groups is 1. The lowest BCUT2D eigenvalue weighted by Gasteiger charge is -2.28. The van der Waals surface area contributed by atoms with Crippen LogP contribution in [0.5, 0.6) is 5.88 Å². The highest BCUT2D eigenvalue weighted by Crippen LogP contribution is 2.27. The molecule has 1 N–H and O–H groups in total. The van der Waals surface area contributed by atoms with Crippen molar-refractivity contribution in [2.45, 2.75) is 13.5 Å². The summed E-state index contributed by atoms with van der Waals surface area (Å²) >= 11 is 0. The van der Waals surface area contributed by atoms with E-state index in [-0.39, 0.29) is 12.5 Å². The Hall–Kier alpha value is -3.19. The fraction of sp³-hybridized carbons (Fsp3) is 0.318. The predicted molar refractivity (Wildman–Crippen MR) is 111 cm³/mol. The van der Waals surface area contributed by atoms with E-state index in [4.69, 9.17) is 14.5 Å². The molecule has 2 heterocycles. The van der Waals surface area contributed by atoms with Gasteiger partial charge >= 0.3 is 0 Å². The molecular formula is C22H24N4O3. The third-order valence-corrected chi connectivity index (χ3v) is 4.78. The van der Waals surface area contributed by atoms with Gasteiger partial charge in [0.15, 0.2) is 12.4 Å². The van der Waals surface area contributed by atoms with E-state index in [1.54, 1.807) is 0 Å². The minimum Gasteiger partial charge on any atom is -0.465 e. The van der Waals surface area contributed by atoms with Gasteiger partial charge in [0.25, 0.3) is 11.8 Å². The second-order valence-electron chi connectivity index (χ2n) is 6.99. The maximum Gasteiger partial charge on any atom is 0.258 e. The highest BCUT2D eigenvalue weighted by molar-refractivity contribution is 5.79. The summed E-state index contributed by atoms with van der Waals surface area (Å²) in [7, 11) is 0. The van der Waals surface area contributed by atoms with Gasteiger partial charge in [-0.25, -0.2) is 9.97 Å². The lowest BCUT2D eigenvalue weighted by atomic mass is 10.1. The van der Waals surface area contributed by atoms with Crippen molar-refractivity contribution in [1.82, 2.24) is 15.3 Å². The van der Waals surface area contributed by atoms with Gasteiger partial charge in [0, 0.05) is 19.6 Å². The maximum absolute atomic E-state index is 12.3. The van der Waals surface area contributed by atoms with Crippen LogP contribution in [0.15, 0.2) is 48.5 Å². The second kappa shape index (κ2) is 8.87. The Morgan fingerprint density at radius 3 is 2.48 bits per heavy atom. The molecular weight excluding hydrogens is 368 g/mol. The number of amides is 1. The standard InChI is InChI=1S/C22H24N4O3/c1-16-6-8-17(9-7-16)14-23-20(27)15-29-22-21(26-10-12-28-13-11-26)24-18-4-2-3-5-19(18)25-22/h2-9H,10-15H2,1H3,(H,23,27). The molecule has 150 valence electrons. The molecule has 0 atom stereocenters. The smallest absolute Gasteiger partial charge is 0.258 e. The number of anilines is 1. The molecule has 0 bridgehead atoms. The summed E-state index contributed by atoms with van der Waals surface area (Å²) < 4.78 is 11.2. The first-order valence-corrected chi connectivity index (χ1v) is 9.73. The maximum atomic E-state index is 12.3. The zero-order valence-electron chi connectivity index (χ0n) is 16.4. The lowest BCUT2D eigenvalue weighted by molar-refractivity contribution is -0.123. The van der Waals surface area contributed by atoms with E-state index in [2.05, 4.69) is 15.2 Å². The third-order valence-electron chi connectivity index (χ3n) is 4.78. The van der Waals surface area contributed by atoms with Crippen molar-refractivity contribution in [3.8, 4) is 5.88 Å². The van der Waals surface area contributed by atoms with Gasteiger partial charge in [0.2, 0.25) is 0 Å². The molecule has 1 fully saturated rings. The molecule has 29 heavy (non-hydrogen) atoms. The number of hydrogen-bond donors (Lipinski definition) is 1. The summed E-state index contributed by atoms with van der Waals surface area (Å²) in [6.45, 7) is 5.06. The van der Waals surface area contributed by atoms with Crippen LogP contribution in [0.1, 0.15) is 11.1 Å². The lowest BCUT2D eigenvalue weighted by Crippen LogP contribution is -2.37. The molecule has 1 aliphatic heterocycles. The van der Waals surface area contributed by atoms with Crippen molar-refractivity contribution in [1.29, 1.82) is 0 Å². The van der Waals surface area contributed by atoms with E-state index in [1.807, 2.05) is 55.5 Å². The molecule has 1 saturated heterocycles. The van der Waals surface area contributed by atoms with Crippen molar-refractivity contribution < 1.29 is 14.3 Å². The fourth-order valence-corrected chi connectivity index (χ4v) is 3.14. The molecule has 0 aliphatic carbocycles. The van der Waals surface area contributed by atoms with Crippen LogP contribution in [0.3, 0.4) is 0 Å². The summed E-state index contributed by atoms with van der Waals surface area (Å²) in [4.78, 5) is 23.7. The zero-order chi connectivity index (χ0) is 20.1. The molecule has 0 saturated carbocycles. The van der Waals surface area contributed by atoms with Crippen LogP contribution in [0.2, 0.25) is 0 Å². The van der Waals surface area contributed by atoms with E-state index in [0.717, 1.165) is 16.6 Å². The number of carbonyl (C=O) groups excluding carboxylic acids is 1. The molecule has 0 unspecified atom stereocenters. The van der Waals surface area contributed by atoms with Crippen LogP contribution in [-0.4, -0.2) is 48.8 Å². The van der Waals surface area contributed by atoms with E-state index >= 15 is 0 Å². The first-order valence-electron chi connectivity index (χ1n) is 9.73. The summed E-state index contributed by atoms with van der Waals surface area (Å²) in [5.41, 5.74) is 3.77. The fourth-order valence-electron chi connectivity index (χ4n) is 3.14. The molecule has 3 aromatic rings. The normalized spacial score (nSPS) is 14.0. The molecule has 2 aromatic carbocycles. The first-order chi connectivity index (χ1) is 14.2. The van der Waals surface area contributed by atoms with E-state index in [0.29, 0.717) is 44.5 Å². The number of morpholine rings is 1. The summed E-state index contributed by atoms with van der Waals surface area (Å²) in [5, 5.41) is 2.88. The molecule has 7 heteroatoms. The number of rotatable bonds is 6. The quantitative estimate of drug-likeness (QED) is 0.695. The molecule has 1 amide bonds. The molecule has 1 aliphatic rings. The average molecular weight is 392 g/mol. The number of nitrogens with zero attached hydrogens (tertiary/aromatic N) is 3. The van der Waals surface area contributed by atoms with Gasteiger partial charge in [0.05, 0.1) is 24.2 Å². The topological polar surface area (TPSA) is 76.6 Å². The van der Waals surface area contributed by atoms with Crippen LogP contribution in [0, 0.1) is 6.92 Å². The monoisotopic (exact) mass is 392 g/mol. The van der Waals surface area contributed by atoms with Gasteiger partial charge < -0.3 is 19.7 Å². The second-order valence-corrected chi connectivity index (χ2v) is 6.99. The van der Waals surface area contributed by atoms with Crippen LogP contribution in [-0.2, 0) is 16.1 Å².